The molecule has 218 valence electrons. The van der Waals surface area contributed by atoms with Gasteiger partial charge in [0.15, 0.2) is 4.90 Å². The van der Waals surface area contributed by atoms with Crippen LogP contribution < -0.4 is 5.56 Å². The van der Waals surface area contributed by atoms with Crippen molar-refractivity contribution in [3.8, 4) is 23.1 Å². The van der Waals surface area contributed by atoms with E-state index in [0.717, 1.165) is 17.5 Å². The van der Waals surface area contributed by atoms with Gasteiger partial charge in [-0.2, -0.15) is 10.2 Å². The third-order valence-corrected chi connectivity index (χ3v) is 9.11. The van der Waals surface area contributed by atoms with Crippen molar-refractivity contribution in [2.45, 2.75) is 74.8 Å². The van der Waals surface area contributed by atoms with Crippen LogP contribution in [0.3, 0.4) is 0 Å². The maximum atomic E-state index is 14.0. The molecular formula is C33H35N3O5S. The molecule has 0 fully saturated rings. The molecule has 0 amide bonds. The van der Waals surface area contributed by atoms with E-state index in [9.17, 15) is 28.7 Å². The SMILES string of the molecule is CCCCc1nc(O)c(S(=O)(=O)c2ccc(-c3cccc(C(C)(C)O)c3)cc2)c(=O)n1[C@@H](CC)c1cccc(C#N)c1. The van der Waals surface area contributed by atoms with Gasteiger partial charge >= 0.3 is 0 Å². The Labute approximate surface area is 246 Å². The highest BCUT2D eigenvalue weighted by atomic mass is 32.2. The summed E-state index contributed by atoms with van der Waals surface area (Å²) in [5.74, 6) is -0.542. The fourth-order valence-electron chi connectivity index (χ4n) is 5.02. The number of rotatable bonds is 10. The maximum Gasteiger partial charge on any atom is 0.277 e. The normalized spacial score (nSPS) is 12.6. The molecule has 0 aliphatic heterocycles. The zero-order valence-electron chi connectivity index (χ0n) is 24.2. The van der Waals surface area contributed by atoms with Crippen LogP contribution in [-0.2, 0) is 21.9 Å². The molecule has 42 heavy (non-hydrogen) atoms. The van der Waals surface area contributed by atoms with Crippen LogP contribution >= 0.6 is 0 Å². The first kappa shape index (κ1) is 30.7. The molecule has 0 saturated carbocycles. The first-order valence-corrected chi connectivity index (χ1v) is 15.4. The van der Waals surface area contributed by atoms with E-state index in [4.69, 9.17) is 0 Å². The molecule has 4 rings (SSSR count). The number of benzene rings is 3. The largest absolute Gasteiger partial charge is 0.492 e. The van der Waals surface area contributed by atoms with Crippen LogP contribution in [0.15, 0.2) is 87.4 Å². The highest BCUT2D eigenvalue weighted by molar-refractivity contribution is 7.91. The van der Waals surface area contributed by atoms with Gasteiger partial charge < -0.3 is 10.2 Å². The lowest BCUT2D eigenvalue weighted by atomic mass is 9.94. The predicted molar refractivity (Wildman–Crippen MR) is 161 cm³/mol. The van der Waals surface area contributed by atoms with Gasteiger partial charge in [0.05, 0.1) is 28.2 Å². The maximum absolute atomic E-state index is 14.0. The molecule has 2 N–H and O–H groups in total. The third kappa shape index (κ3) is 6.15. The number of aryl methyl sites for hydroxylation is 1. The van der Waals surface area contributed by atoms with Gasteiger partial charge in [-0.15, -0.1) is 0 Å². The summed E-state index contributed by atoms with van der Waals surface area (Å²) in [6.45, 7) is 7.23. The standard InChI is InChI=1S/C33H35N3O5S/c1-5-7-14-29-35-31(37)30(32(38)36(29)28(6-2)25-12-8-10-22(19-25)21-34)42(40,41)27-17-15-23(16-18-27)24-11-9-13-26(20-24)33(3,4)39/h8-13,15-20,28,37,39H,5-7,14H2,1-4H3/t28-/m0/s1. The van der Waals surface area contributed by atoms with Crippen LogP contribution in [0, 0.1) is 11.3 Å². The third-order valence-electron chi connectivity index (χ3n) is 7.32. The molecule has 1 atom stereocenters. The van der Waals surface area contributed by atoms with Crippen LogP contribution in [0.5, 0.6) is 5.88 Å². The smallest absolute Gasteiger partial charge is 0.277 e. The molecule has 0 radical (unpaired) electrons. The number of hydrogen-bond acceptors (Lipinski definition) is 7. The number of nitrogens with zero attached hydrogens (tertiary/aromatic N) is 3. The van der Waals surface area contributed by atoms with Gasteiger partial charge in [-0.3, -0.25) is 9.36 Å². The average Bonchev–Trinajstić information content (AvgIpc) is 2.97. The lowest BCUT2D eigenvalue weighted by Gasteiger charge is -2.23. The van der Waals surface area contributed by atoms with E-state index in [0.29, 0.717) is 36.0 Å². The number of aromatic hydroxyl groups is 1. The van der Waals surface area contributed by atoms with Crippen molar-refractivity contribution in [3.63, 3.8) is 0 Å². The molecule has 4 aromatic rings. The molecule has 0 spiro atoms. The summed E-state index contributed by atoms with van der Waals surface area (Å²) in [5, 5.41) is 30.7. The van der Waals surface area contributed by atoms with E-state index in [1.165, 1.54) is 16.7 Å². The Bertz CT molecular complexity index is 1800. The first-order chi connectivity index (χ1) is 19.9. The van der Waals surface area contributed by atoms with Crippen LogP contribution in [0.25, 0.3) is 11.1 Å². The van der Waals surface area contributed by atoms with E-state index < -0.39 is 37.8 Å². The molecule has 0 bridgehead atoms. The van der Waals surface area contributed by atoms with Crippen molar-refractivity contribution >= 4 is 9.84 Å². The molecule has 9 heteroatoms. The fourth-order valence-corrected chi connectivity index (χ4v) is 6.37. The molecule has 3 aromatic carbocycles. The van der Waals surface area contributed by atoms with Gasteiger partial charge in [0.1, 0.15) is 5.82 Å². The summed E-state index contributed by atoms with van der Waals surface area (Å²) < 4.78 is 29.0. The number of unbranched alkanes of at least 4 members (excludes halogenated alkanes) is 1. The van der Waals surface area contributed by atoms with Crippen molar-refractivity contribution in [1.29, 1.82) is 5.26 Å². The fraction of sp³-hybridized carbons (Fsp3) is 0.303. The summed E-state index contributed by atoms with van der Waals surface area (Å²) in [6, 6.07) is 21.7. The highest BCUT2D eigenvalue weighted by Crippen LogP contribution is 2.31. The summed E-state index contributed by atoms with van der Waals surface area (Å²) in [4.78, 5) is 17.3. The first-order valence-electron chi connectivity index (χ1n) is 13.9. The van der Waals surface area contributed by atoms with Crippen molar-refractivity contribution in [2.24, 2.45) is 0 Å². The molecule has 0 unspecified atom stereocenters. The van der Waals surface area contributed by atoms with Crippen molar-refractivity contribution < 1.29 is 18.6 Å². The van der Waals surface area contributed by atoms with E-state index in [1.54, 1.807) is 50.2 Å². The summed E-state index contributed by atoms with van der Waals surface area (Å²) in [7, 11) is -4.47. The van der Waals surface area contributed by atoms with Gasteiger partial charge in [0.2, 0.25) is 15.7 Å². The second kappa shape index (κ2) is 12.3. The Morgan fingerprint density at radius 2 is 1.69 bits per heavy atom. The molecular weight excluding hydrogens is 550 g/mol. The van der Waals surface area contributed by atoms with Crippen LogP contribution in [0.2, 0.25) is 0 Å². The van der Waals surface area contributed by atoms with Gasteiger partial charge in [-0.1, -0.05) is 62.7 Å². The topological polar surface area (TPSA) is 133 Å². The number of aliphatic hydroxyl groups is 1. The van der Waals surface area contributed by atoms with Gasteiger partial charge in [-0.05, 0) is 79.3 Å². The van der Waals surface area contributed by atoms with Gasteiger partial charge in [-0.25, -0.2) is 8.42 Å². The Hall–Kier alpha value is -4.26. The lowest BCUT2D eigenvalue weighted by molar-refractivity contribution is 0.0786. The second-order valence-electron chi connectivity index (χ2n) is 10.8. The summed E-state index contributed by atoms with van der Waals surface area (Å²) in [6.07, 6.45) is 2.29. The van der Waals surface area contributed by atoms with Crippen molar-refractivity contribution in [1.82, 2.24) is 9.55 Å². The van der Waals surface area contributed by atoms with Crippen molar-refractivity contribution in [3.05, 3.63) is 106 Å². The molecule has 0 aliphatic carbocycles. The van der Waals surface area contributed by atoms with E-state index in [1.807, 2.05) is 38.1 Å². The van der Waals surface area contributed by atoms with Crippen LogP contribution in [0.1, 0.15) is 75.5 Å². The molecule has 1 aromatic heterocycles. The van der Waals surface area contributed by atoms with Gasteiger partial charge in [0, 0.05) is 6.42 Å². The number of aromatic nitrogens is 2. The van der Waals surface area contributed by atoms with E-state index >= 15 is 0 Å². The minimum absolute atomic E-state index is 0.161. The quantitative estimate of drug-likeness (QED) is 0.237. The minimum Gasteiger partial charge on any atom is -0.492 e. The second-order valence-corrected chi connectivity index (χ2v) is 12.7. The van der Waals surface area contributed by atoms with E-state index in [-0.39, 0.29) is 10.7 Å². The zero-order valence-corrected chi connectivity index (χ0v) is 25.0. The highest BCUT2D eigenvalue weighted by Gasteiger charge is 2.31. The van der Waals surface area contributed by atoms with Gasteiger partial charge in [0.25, 0.3) is 5.56 Å². The molecule has 1 heterocycles. The lowest BCUT2D eigenvalue weighted by Crippen LogP contribution is -2.33. The number of nitriles is 1. The number of hydrogen-bond donors (Lipinski definition) is 2. The number of sulfone groups is 1. The summed E-state index contributed by atoms with van der Waals surface area (Å²) in [5.41, 5.74) is 1.41. The molecule has 0 saturated heterocycles. The Balaban J connectivity index is 1.84. The van der Waals surface area contributed by atoms with Crippen molar-refractivity contribution in [2.75, 3.05) is 0 Å². The van der Waals surface area contributed by atoms with E-state index in [2.05, 4.69) is 11.1 Å². The monoisotopic (exact) mass is 585 g/mol. The Morgan fingerprint density at radius 3 is 2.31 bits per heavy atom. The molecule has 0 aliphatic rings. The Kier molecular flexibility index (Phi) is 9.00. The molecule has 8 nitrogen and oxygen atoms in total. The Morgan fingerprint density at radius 1 is 1.00 bits per heavy atom. The average molecular weight is 586 g/mol. The predicted octanol–water partition coefficient (Wildman–Crippen LogP) is 5.89. The van der Waals surface area contributed by atoms with Crippen LogP contribution in [0.4, 0.5) is 0 Å². The summed E-state index contributed by atoms with van der Waals surface area (Å²) >= 11 is 0. The minimum atomic E-state index is -4.47. The van der Waals surface area contributed by atoms with Crippen LogP contribution in [-0.4, -0.2) is 28.2 Å². The zero-order chi connectivity index (χ0) is 30.7.